The first-order valence-electron chi connectivity index (χ1n) is 10.3. The molecule has 2 aliphatic rings. The third-order valence-corrected chi connectivity index (χ3v) is 5.83. The fraction of sp³-hybridized carbons (Fsp3) is 0.476. The van der Waals surface area contributed by atoms with E-state index >= 15 is 0 Å². The normalized spacial score (nSPS) is 17.4. The zero-order chi connectivity index (χ0) is 18.9. The number of anilines is 2. The molecule has 5 rings (SSSR count). The predicted octanol–water partition coefficient (Wildman–Crippen LogP) is 3.15. The van der Waals surface area contributed by atoms with E-state index in [2.05, 4.69) is 43.5 Å². The molecule has 0 unspecified atom stereocenters. The molecule has 0 saturated carbocycles. The molecular weight excluding hydrogens is 386 g/mol. The Morgan fingerprint density at radius 2 is 1.72 bits per heavy atom. The van der Waals surface area contributed by atoms with Crippen molar-refractivity contribution in [3.8, 4) is 11.3 Å². The van der Waals surface area contributed by atoms with Crippen molar-refractivity contribution in [3.05, 3.63) is 30.1 Å². The molecule has 1 aromatic carbocycles. The van der Waals surface area contributed by atoms with Gasteiger partial charge in [-0.2, -0.15) is 5.10 Å². The highest BCUT2D eigenvalue weighted by atomic mass is 35.5. The van der Waals surface area contributed by atoms with Crippen LogP contribution in [0.25, 0.3) is 22.2 Å². The highest BCUT2D eigenvalue weighted by Crippen LogP contribution is 2.32. The van der Waals surface area contributed by atoms with Crippen LogP contribution in [0.15, 0.2) is 24.4 Å². The molecule has 0 spiro atoms. The number of hydrogen-bond acceptors (Lipinski definition) is 6. The van der Waals surface area contributed by atoms with Crippen LogP contribution in [0, 0.1) is 6.92 Å². The molecule has 8 heteroatoms. The summed E-state index contributed by atoms with van der Waals surface area (Å²) in [4.78, 5) is 14.9. The topological polar surface area (TPSA) is 73.0 Å². The van der Waals surface area contributed by atoms with Crippen molar-refractivity contribution in [2.75, 3.05) is 49.1 Å². The quantitative estimate of drug-likeness (QED) is 0.687. The molecule has 2 aromatic heterocycles. The van der Waals surface area contributed by atoms with Crippen molar-refractivity contribution in [2.45, 2.75) is 26.2 Å². The van der Waals surface area contributed by atoms with Crippen molar-refractivity contribution in [1.29, 1.82) is 0 Å². The molecule has 0 atom stereocenters. The van der Waals surface area contributed by atoms with E-state index in [9.17, 15) is 0 Å². The number of benzene rings is 1. The molecular formula is C21H28ClN7. The van der Waals surface area contributed by atoms with Gasteiger partial charge < -0.3 is 15.1 Å². The molecule has 2 aliphatic heterocycles. The summed E-state index contributed by atoms with van der Waals surface area (Å²) in [5.74, 6) is 2.08. The largest absolute Gasteiger partial charge is 0.354 e. The minimum Gasteiger partial charge on any atom is -0.354 e. The van der Waals surface area contributed by atoms with E-state index in [0.29, 0.717) is 0 Å². The number of aryl methyl sites for hydroxylation is 1. The van der Waals surface area contributed by atoms with Crippen molar-refractivity contribution in [3.63, 3.8) is 0 Å². The van der Waals surface area contributed by atoms with E-state index in [1.54, 1.807) is 0 Å². The number of aromatic amines is 1. The first-order chi connectivity index (χ1) is 13.8. The molecule has 3 aromatic rings. The van der Waals surface area contributed by atoms with Crippen LogP contribution in [0.1, 0.15) is 25.0 Å². The number of hydrogen-bond donors (Lipinski definition) is 2. The van der Waals surface area contributed by atoms with Gasteiger partial charge in [0.25, 0.3) is 0 Å². The Balaban J connectivity index is 0.00000205. The van der Waals surface area contributed by atoms with Gasteiger partial charge in [0.15, 0.2) is 11.6 Å². The van der Waals surface area contributed by atoms with Gasteiger partial charge in [0.1, 0.15) is 0 Å². The van der Waals surface area contributed by atoms with Gasteiger partial charge in [0, 0.05) is 43.7 Å². The Bertz CT molecular complexity index is 972. The van der Waals surface area contributed by atoms with Crippen LogP contribution in [0.3, 0.4) is 0 Å². The van der Waals surface area contributed by atoms with Gasteiger partial charge >= 0.3 is 0 Å². The number of H-pyrrole nitrogens is 1. The molecule has 0 aliphatic carbocycles. The van der Waals surface area contributed by atoms with Crippen molar-refractivity contribution in [2.24, 2.45) is 0 Å². The summed E-state index contributed by atoms with van der Waals surface area (Å²) >= 11 is 0. The third kappa shape index (κ3) is 3.89. The number of aromatic nitrogens is 4. The lowest BCUT2D eigenvalue weighted by molar-refractivity contribution is 0.724. The molecule has 0 radical (unpaired) electrons. The van der Waals surface area contributed by atoms with Crippen LogP contribution in [0.2, 0.25) is 0 Å². The average Bonchev–Trinajstić information content (AvgIpc) is 3.30. The lowest BCUT2D eigenvalue weighted by atomic mass is 10.1. The van der Waals surface area contributed by atoms with E-state index in [-0.39, 0.29) is 12.4 Å². The summed E-state index contributed by atoms with van der Waals surface area (Å²) in [6.45, 7) is 8.23. The van der Waals surface area contributed by atoms with Gasteiger partial charge in [-0.3, -0.25) is 5.10 Å². The van der Waals surface area contributed by atoms with Crippen molar-refractivity contribution < 1.29 is 0 Å². The van der Waals surface area contributed by atoms with Gasteiger partial charge in [-0.25, -0.2) is 9.97 Å². The zero-order valence-electron chi connectivity index (χ0n) is 16.8. The Hall–Kier alpha value is -2.38. The van der Waals surface area contributed by atoms with Crippen LogP contribution in [-0.4, -0.2) is 59.4 Å². The summed E-state index contributed by atoms with van der Waals surface area (Å²) in [5, 5.41) is 12.0. The summed E-state index contributed by atoms with van der Waals surface area (Å²) in [5.41, 5.74) is 4.09. The maximum atomic E-state index is 5.14. The van der Waals surface area contributed by atoms with Crippen LogP contribution in [-0.2, 0) is 0 Å². The van der Waals surface area contributed by atoms with Crippen molar-refractivity contribution >= 4 is 34.9 Å². The Morgan fingerprint density at radius 3 is 2.59 bits per heavy atom. The second-order valence-corrected chi connectivity index (χ2v) is 7.76. The fourth-order valence-corrected chi connectivity index (χ4v) is 4.24. The van der Waals surface area contributed by atoms with Gasteiger partial charge in [-0.05, 0) is 44.9 Å². The van der Waals surface area contributed by atoms with Gasteiger partial charge in [-0.1, -0.05) is 6.07 Å². The molecule has 0 bridgehead atoms. The first kappa shape index (κ1) is 19.9. The second-order valence-electron chi connectivity index (χ2n) is 7.76. The van der Waals surface area contributed by atoms with Crippen molar-refractivity contribution in [1.82, 2.24) is 25.5 Å². The standard InChI is InChI=1S/C21H27N7.ClH/c1-15-17-13-16(5-6-18(17)26-25-15)19-14-23-20(27-9-2-3-10-27)21(24-19)28-11-4-7-22-8-12-28;/h5-6,13-14,22H,2-4,7-12H2,1H3,(H,25,26);1H. The molecule has 154 valence electrons. The molecule has 2 N–H and O–H groups in total. The maximum absolute atomic E-state index is 5.14. The van der Waals surface area contributed by atoms with Gasteiger partial charge in [0.05, 0.1) is 23.1 Å². The second kappa shape index (κ2) is 8.55. The fourth-order valence-electron chi connectivity index (χ4n) is 4.24. The van der Waals surface area contributed by atoms with E-state index < -0.39 is 0 Å². The minimum absolute atomic E-state index is 0. The molecule has 29 heavy (non-hydrogen) atoms. The first-order valence-corrected chi connectivity index (χ1v) is 10.3. The highest BCUT2D eigenvalue weighted by molar-refractivity contribution is 5.86. The Labute approximate surface area is 177 Å². The molecule has 4 heterocycles. The molecule has 2 fully saturated rings. The Morgan fingerprint density at radius 1 is 0.931 bits per heavy atom. The highest BCUT2D eigenvalue weighted by Gasteiger charge is 2.23. The number of halogens is 1. The summed E-state index contributed by atoms with van der Waals surface area (Å²) in [6.07, 6.45) is 5.54. The van der Waals surface area contributed by atoms with E-state index in [4.69, 9.17) is 9.97 Å². The van der Waals surface area contributed by atoms with E-state index in [1.807, 2.05) is 13.1 Å². The number of rotatable bonds is 3. The van der Waals surface area contributed by atoms with Gasteiger partial charge in [0.2, 0.25) is 0 Å². The number of nitrogens with zero attached hydrogens (tertiary/aromatic N) is 5. The predicted molar refractivity (Wildman–Crippen MR) is 120 cm³/mol. The summed E-state index contributed by atoms with van der Waals surface area (Å²) < 4.78 is 0. The molecule has 2 saturated heterocycles. The average molecular weight is 414 g/mol. The smallest absolute Gasteiger partial charge is 0.172 e. The Kier molecular flexibility index (Phi) is 5.87. The van der Waals surface area contributed by atoms with Crippen LogP contribution < -0.4 is 15.1 Å². The third-order valence-electron chi connectivity index (χ3n) is 5.83. The lowest BCUT2D eigenvalue weighted by Crippen LogP contribution is -2.31. The maximum Gasteiger partial charge on any atom is 0.172 e. The molecule has 0 amide bonds. The molecule has 7 nitrogen and oxygen atoms in total. The SMILES string of the molecule is Cc1n[nH]c2ccc(-c3cnc(N4CCCC4)c(N4CCCNCC4)n3)cc12.Cl. The van der Waals surface area contributed by atoms with Crippen LogP contribution >= 0.6 is 12.4 Å². The van der Waals surface area contributed by atoms with Crippen LogP contribution in [0.4, 0.5) is 11.6 Å². The van der Waals surface area contributed by atoms with E-state index in [1.165, 1.54) is 12.8 Å². The monoisotopic (exact) mass is 413 g/mol. The summed E-state index contributed by atoms with van der Waals surface area (Å²) in [6, 6.07) is 6.35. The van der Waals surface area contributed by atoms with Crippen LogP contribution in [0.5, 0.6) is 0 Å². The minimum atomic E-state index is 0. The summed E-state index contributed by atoms with van der Waals surface area (Å²) in [7, 11) is 0. The zero-order valence-corrected chi connectivity index (χ0v) is 17.6. The van der Waals surface area contributed by atoms with E-state index in [0.717, 1.165) is 85.2 Å². The number of fused-ring (bicyclic) bond motifs is 1. The number of nitrogens with one attached hydrogen (secondary N) is 2. The lowest BCUT2D eigenvalue weighted by Gasteiger charge is -2.27. The van der Waals surface area contributed by atoms with Gasteiger partial charge in [-0.15, -0.1) is 12.4 Å².